The Balaban J connectivity index is 1.35. The molecule has 1 saturated carbocycles. The number of nitrogens with one attached hydrogen (secondary N) is 1. The van der Waals surface area contributed by atoms with Crippen molar-refractivity contribution in [1.29, 1.82) is 0 Å². The van der Waals surface area contributed by atoms with Crippen molar-refractivity contribution in [2.75, 3.05) is 26.2 Å². The molecule has 0 aromatic heterocycles. The van der Waals surface area contributed by atoms with Gasteiger partial charge in [-0.25, -0.2) is 0 Å². The molecule has 2 unspecified atom stereocenters. The lowest BCUT2D eigenvalue weighted by atomic mass is 9.74. The Labute approximate surface area is 130 Å². The van der Waals surface area contributed by atoms with Gasteiger partial charge in [0.25, 0.3) is 0 Å². The average molecular weight is 294 g/mol. The van der Waals surface area contributed by atoms with Gasteiger partial charge in [0.1, 0.15) is 0 Å². The van der Waals surface area contributed by atoms with E-state index in [1.54, 1.807) is 0 Å². The predicted molar refractivity (Wildman–Crippen MR) is 87.6 cm³/mol. The zero-order valence-electron chi connectivity index (χ0n) is 14.1. The van der Waals surface area contributed by atoms with E-state index in [0.717, 1.165) is 12.6 Å². The van der Waals surface area contributed by atoms with E-state index in [2.05, 4.69) is 24.1 Å². The first-order chi connectivity index (χ1) is 10.2. The summed E-state index contributed by atoms with van der Waals surface area (Å²) in [6.45, 7) is 9.56. The summed E-state index contributed by atoms with van der Waals surface area (Å²) in [7, 11) is 0. The predicted octanol–water partition coefficient (Wildman–Crippen LogP) is 3.19. The second-order valence-corrected chi connectivity index (χ2v) is 7.65. The van der Waals surface area contributed by atoms with Crippen LogP contribution in [0.5, 0.6) is 0 Å². The largest absolute Gasteiger partial charge is 0.372 e. The number of hydrogen-bond donors (Lipinski definition) is 1. The minimum atomic E-state index is 0.478. The number of nitrogens with zero attached hydrogens (tertiary/aromatic N) is 1. The van der Waals surface area contributed by atoms with E-state index >= 15 is 0 Å². The molecule has 2 heterocycles. The summed E-state index contributed by atoms with van der Waals surface area (Å²) in [5, 5.41) is 3.61. The Hall–Kier alpha value is -0.120. The molecule has 122 valence electrons. The van der Waals surface area contributed by atoms with Crippen molar-refractivity contribution < 1.29 is 4.74 Å². The van der Waals surface area contributed by atoms with Crippen molar-refractivity contribution >= 4 is 0 Å². The molecule has 0 spiro atoms. The van der Waals surface area contributed by atoms with Crippen LogP contribution in [0.3, 0.4) is 0 Å². The van der Waals surface area contributed by atoms with Crippen molar-refractivity contribution in [3.8, 4) is 0 Å². The Kier molecular flexibility index (Phi) is 5.23. The molecule has 3 fully saturated rings. The summed E-state index contributed by atoms with van der Waals surface area (Å²) in [5.41, 5.74) is 0.643. The topological polar surface area (TPSA) is 24.5 Å². The molecule has 2 atom stereocenters. The minimum Gasteiger partial charge on any atom is -0.372 e. The number of piperidine rings is 1. The van der Waals surface area contributed by atoms with Crippen LogP contribution in [-0.2, 0) is 4.74 Å². The van der Waals surface area contributed by atoms with Crippen molar-refractivity contribution in [1.82, 2.24) is 10.2 Å². The monoisotopic (exact) mass is 294 g/mol. The molecular weight excluding hydrogens is 260 g/mol. The van der Waals surface area contributed by atoms with Crippen LogP contribution in [0.4, 0.5) is 0 Å². The Morgan fingerprint density at radius 2 is 1.67 bits per heavy atom. The first-order valence-electron chi connectivity index (χ1n) is 9.34. The molecule has 2 aliphatic heterocycles. The maximum Gasteiger partial charge on any atom is 0.0707 e. The van der Waals surface area contributed by atoms with Gasteiger partial charge in [-0.05, 0) is 57.0 Å². The lowest BCUT2D eigenvalue weighted by molar-refractivity contribution is 0.00630. The molecule has 3 heteroatoms. The fraction of sp³-hybridized carbons (Fsp3) is 1.00. The second-order valence-electron chi connectivity index (χ2n) is 7.65. The summed E-state index contributed by atoms with van der Waals surface area (Å²) in [4.78, 5) is 2.66. The maximum absolute atomic E-state index is 6.24. The maximum atomic E-state index is 6.24. The fourth-order valence-corrected chi connectivity index (χ4v) is 4.11. The molecule has 0 radical (unpaired) electrons. The number of rotatable bonds is 7. The van der Waals surface area contributed by atoms with Gasteiger partial charge in [0.2, 0.25) is 0 Å². The van der Waals surface area contributed by atoms with E-state index in [1.165, 1.54) is 71.0 Å². The first kappa shape index (κ1) is 15.8. The van der Waals surface area contributed by atoms with E-state index in [4.69, 9.17) is 4.74 Å². The summed E-state index contributed by atoms with van der Waals surface area (Å²) in [6, 6.07) is 0.811. The quantitative estimate of drug-likeness (QED) is 0.780. The third-order valence-corrected chi connectivity index (χ3v) is 6.29. The fourth-order valence-electron chi connectivity index (χ4n) is 4.11. The number of likely N-dealkylation sites (tertiary alicyclic amines) is 1. The molecule has 0 aromatic carbocycles. The molecule has 3 aliphatic rings. The minimum absolute atomic E-state index is 0.478. The molecule has 0 bridgehead atoms. The van der Waals surface area contributed by atoms with Gasteiger partial charge in [-0.15, -0.1) is 0 Å². The van der Waals surface area contributed by atoms with Gasteiger partial charge in [-0.3, -0.25) is 0 Å². The van der Waals surface area contributed by atoms with E-state index in [1.807, 2.05) is 0 Å². The van der Waals surface area contributed by atoms with Crippen LogP contribution in [0.1, 0.15) is 65.2 Å². The summed E-state index contributed by atoms with van der Waals surface area (Å²) >= 11 is 0. The standard InChI is InChI=1S/C18H34N2O/c1-3-18(4-2)9-11-20(12-10-18)14-17-8-7-16(21-17)13-19-15-5-6-15/h15-17,19H,3-14H2,1-2H3. The van der Waals surface area contributed by atoms with Crippen LogP contribution in [-0.4, -0.2) is 49.3 Å². The van der Waals surface area contributed by atoms with Crippen molar-refractivity contribution in [3.63, 3.8) is 0 Å². The Morgan fingerprint density at radius 1 is 1.00 bits per heavy atom. The molecule has 0 amide bonds. The molecule has 2 saturated heterocycles. The zero-order valence-corrected chi connectivity index (χ0v) is 14.1. The first-order valence-corrected chi connectivity index (χ1v) is 9.34. The molecule has 1 aliphatic carbocycles. The van der Waals surface area contributed by atoms with Crippen LogP contribution < -0.4 is 5.32 Å². The van der Waals surface area contributed by atoms with Gasteiger partial charge >= 0.3 is 0 Å². The van der Waals surface area contributed by atoms with Crippen LogP contribution >= 0.6 is 0 Å². The van der Waals surface area contributed by atoms with Gasteiger partial charge in [-0.2, -0.15) is 0 Å². The van der Waals surface area contributed by atoms with E-state index in [0.29, 0.717) is 17.6 Å². The summed E-state index contributed by atoms with van der Waals surface area (Å²) in [5.74, 6) is 0. The molecular formula is C18H34N2O. The molecule has 3 rings (SSSR count). The van der Waals surface area contributed by atoms with Crippen LogP contribution in [0.2, 0.25) is 0 Å². The lowest BCUT2D eigenvalue weighted by Crippen LogP contribution is -2.43. The Bertz CT molecular complexity index is 315. The smallest absolute Gasteiger partial charge is 0.0707 e. The van der Waals surface area contributed by atoms with Crippen molar-refractivity contribution in [2.24, 2.45) is 5.41 Å². The normalized spacial score (nSPS) is 33.4. The highest BCUT2D eigenvalue weighted by atomic mass is 16.5. The summed E-state index contributed by atoms with van der Waals surface area (Å²) < 4.78 is 6.24. The number of ether oxygens (including phenoxy) is 1. The highest BCUT2D eigenvalue weighted by Crippen LogP contribution is 2.38. The van der Waals surface area contributed by atoms with Gasteiger partial charge in [0.05, 0.1) is 12.2 Å². The highest BCUT2D eigenvalue weighted by molar-refractivity contribution is 4.87. The summed E-state index contributed by atoms with van der Waals surface area (Å²) in [6.07, 6.45) is 11.7. The van der Waals surface area contributed by atoms with Crippen LogP contribution in [0.15, 0.2) is 0 Å². The Morgan fingerprint density at radius 3 is 2.29 bits per heavy atom. The molecule has 21 heavy (non-hydrogen) atoms. The van der Waals surface area contributed by atoms with E-state index in [-0.39, 0.29) is 0 Å². The lowest BCUT2D eigenvalue weighted by Gasteiger charge is -2.41. The third-order valence-electron chi connectivity index (χ3n) is 6.29. The van der Waals surface area contributed by atoms with Gasteiger partial charge in [-0.1, -0.05) is 26.7 Å². The van der Waals surface area contributed by atoms with Gasteiger partial charge in [0.15, 0.2) is 0 Å². The third kappa shape index (κ3) is 4.20. The zero-order chi connectivity index (χ0) is 14.7. The van der Waals surface area contributed by atoms with Crippen molar-refractivity contribution in [2.45, 2.75) is 83.5 Å². The van der Waals surface area contributed by atoms with Crippen LogP contribution in [0.25, 0.3) is 0 Å². The van der Waals surface area contributed by atoms with E-state index in [9.17, 15) is 0 Å². The molecule has 1 N–H and O–H groups in total. The molecule has 3 nitrogen and oxygen atoms in total. The van der Waals surface area contributed by atoms with Gasteiger partial charge in [0, 0.05) is 19.1 Å². The molecule has 0 aromatic rings. The van der Waals surface area contributed by atoms with Crippen molar-refractivity contribution in [3.05, 3.63) is 0 Å². The number of hydrogen-bond acceptors (Lipinski definition) is 3. The van der Waals surface area contributed by atoms with Gasteiger partial charge < -0.3 is 15.0 Å². The average Bonchev–Trinajstić information content (AvgIpc) is 3.26. The second kappa shape index (κ2) is 6.97. The SMILES string of the molecule is CCC1(CC)CCN(CC2CCC(CNC3CC3)O2)CC1. The van der Waals surface area contributed by atoms with E-state index < -0.39 is 0 Å². The van der Waals surface area contributed by atoms with Crippen LogP contribution in [0, 0.1) is 5.41 Å². The highest BCUT2D eigenvalue weighted by Gasteiger charge is 2.34.